The second-order valence-corrected chi connectivity index (χ2v) is 4.42. The molecule has 2 rings (SSSR count). The fourth-order valence-corrected chi connectivity index (χ4v) is 2.06. The molecule has 2 aromatic heterocycles. The first-order valence-electron chi connectivity index (χ1n) is 5.36. The lowest BCUT2D eigenvalue weighted by atomic mass is 10.3. The summed E-state index contributed by atoms with van der Waals surface area (Å²) in [5.74, 6) is 1.26. The largest absolute Gasteiger partial charge is 0.384 e. The van der Waals surface area contributed by atoms with Crippen molar-refractivity contribution in [2.24, 2.45) is 0 Å². The van der Waals surface area contributed by atoms with E-state index in [0.717, 1.165) is 23.7 Å². The molecule has 2 aromatic rings. The molecule has 0 saturated carbocycles. The van der Waals surface area contributed by atoms with Crippen LogP contribution in [0.15, 0.2) is 34.7 Å². The minimum atomic E-state index is 0.488. The Morgan fingerprint density at radius 3 is 2.71 bits per heavy atom. The number of hydrogen-bond acceptors (Lipinski definition) is 6. The van der Waals surface area contributed by atoms with Crippen LogP contribution in [0.4, 0.5) is 5.82 Å². The third-order valence-corrected chi connectivity index (χ3v) is 2.79. The average molecular weight is 247 g/mol. The summed E-state index contributed by atoms with van der Waals surface area (Å²) in [6.07, 6.45) is 5.23. The van der Waals surface area contributed by atoms with Gasteiger partial charge in [-0.2, -0.15) is 0 Å². The minimum Gasteiger partial charge on any atom is -0.384 e. The number of nitrogens with zero attached hydrogens (tertiary/aromatic N) is 4. The number of nitrogen functional groups attached to an aromatic ring is 1. The van der Waals surface area contributed by atoms with Gasteiger partial charge in [0.25, 0.3) is 0 Å². The molecule has 0 atom stereocenters. The van der Waals surface area contributed by atoms with Crippen LogP contribution in [-0.2, 0) is 6.42 Å². The van der Waals surface area contributed by atoms with Gasteiger partial charge >= 0.3 is 0 Å². The van der Waals surface area contributed by atoms with Gasteiger partial charge in [0.1, 0.15) is 16.7 Å². The summed E-state index contributed by atoms with van der Waals surface area (Å²) in [4.78, 5) is 16.8. The lowest BCUT2D eigenvalue weighted by Crippen LogP contribution is -2.00. The van der Waals surface area contributed by atoms with E-state index in [1.807, 2.05) is 0 Å². The number of anilines is 1. The number of rotatable bonds is 4. The van der Waals surface area contributed by atoms with E-state index < -0.39 is 0 Å². The van der Waals surface area contributed by atoms with Crippen molar-refractivity contribution in [3.8, 4) is 0 Å². The molecular formula is C11H13N5S. The van der Waals surface area contributed by atoms with Gasteiger partial charge in [-0.3, -0.25) is 0 Å². The van der Waals surface area contributed by atoms with Crippen LogP contribution in [0.25, 0.3) is 0 Å². The molecule has 0 saturated heterocycles. The zero-order valence-corrected chi connectivity index (χ0v) is 10.3. The van der Waals surface area contributed by atoms with Gasteiger partial charge in [-0.25, -0.2) is 19.9 Å². The van der Waals surface area contributed by atoms with E-state index in [2.05, 4.69) is 26.9 Å². The predicted molar refractivity (Wildman–Crippen MR) is 66.6 cm³/mol. The van der Waals surface area contributed by atoms with E-state index in [0.29, 0.717) is 11.0 Å². The Morgan fingerprint density at radius 2 is 2.00 bits per heavy atom. The van der Waals surface area contributed by atoms with Crippen molar-refractivity contribution in [3.05, 3.63) is 30.4 Å². The fraction of sp³-hybridized carbons (Fsp3) is 0.273. The van der Waals surface area contributed by atoms with Crippen LogP contribution < -0.4 is 5.73 Å². The zero-order chi connectivity index (χ0) is 12.1. The molecule has 0 fully saturated rings. The molecule has 0 spiro atoms. The van der Waals surface area contributed by atoms with E-state index >= 15 is 0 Å². The number of nitrogens with two attached hydrogens (primary N) is 1. The smallest absolute Gasteiger partial charge is 0.193 e. The predicted octanol–water partition coefficient (Wildman–Crippen LogP) is 1.95. The highest BCUT2D eigenvalue weighted by atomic mass is 32.2. The molecule has 5 nitrogen and oxygen atoms in total. The quantitative estimate of drug-likeness (QED) is 0.657. The number of aromatic nitrogens is 4. The summed E-state index contributed by atoms with van der Waals surface area (Å²) in [6.45, 7) is 2.08. The normalized spacial score (nSPS) is 10.4. The Bertz CT molecular complexity index is 488. The maximum atomic E-state index is 5.74. The molecule has 6 heteroatoms. The molecule has 0 aromatic carbocycles. The molecule has 0 amide bonds. The van der Waals surface area contributed by atoms with Crippen molar-refractivity contribution in [1.82, 2.24) is 19.9 Å². The lowest BCUT2D eigenvalue weighted by Gasteiger charge is -2.03. The Hall–Kier alpha value is -1.69. The van der Waals surface area contributed by atoms with E-state index in [-0.39, 0.29) is 0 Å². The van der Waals surface area contributed by atoms with Crippen molar-refractivity contribution in [2.45, 2.75) is 29.9 Å². The Morgan fingerprint density at radius 1 is 1.24 bits per heavy atom. The second-order valence-electron chi connectivity index (χ2n) is 3.43. The summed E-state index contributed by atoms with van der Waals surface area (Å²) >= 11 is 1.39. The zero-order valence-electron chi connectivity index (χ0n) is 9.50. The van der Waals surface area contributed by atoms with Gasteiger partial charge in [0.15, 0.2) is 5.16 Å². The van der Waals surface area contributed by atoms with E-state index in [4.69, 9.17) is 5.73 Å². The molecular weight excluding hydrogens is 234 g/mol. The minimum absolute atomic E-state index is 0.488. The Balaban J connectivity index is 2.21. The molecule has 0 aliphatic carbocycles. The van der Waals surface area contributed by atoms with Crippen LogP contribution in [0.3, 0.4) is 0 Å². The van der Waals surface area contributed by atoms with Gasteiger partial charge in [-0.1, -0.05) is 6.92 Å². The number of aryl methyl sites for hydroxylation is 1. The van der Waals surface area contributed by atoms with Gasteiger partial charge in [-0.05, 0) is 24.2 Å². The van der Waals surface area contributed by atoms with Crippen LogP contribution in [-0.4, -0.2) is 19.9 Å². The standard InChI is InChI=1S/C11H13N5S/c1-2-4-9-15-8(12)7-10(16-9)17-11-13-5-3-6-14-11/h3,5-7H,2,4H2,1H3,(H2,12,15,16). The molecule has 88 valence electrons. The van der Waals surface area contributed by atoms with Crippen molar-refractivity contribution < 1.29 is 0 Å². The molecule has 17 heavy (non-hydrogen) atoms. The van der Waals surface area contributed by atoms with Gasteiger partial charge in [0.05, 0.1) is 0 Å². The van der Waals surface area contributed by atoms with Crippen LogP contribution >= 0.6 is 11.8 Å². The van der Waals surface area contributed by atoms with Crippen molar-refractivity contribution in [3.63, 3.8) is 0 Å². The van der Waals surface area contributed by atoms with Gasteiger partial charge in [0.2, 0.25) is 0 Å². The Kier molecular flexibility index (Phi) is 3.87. The first-order valence-corrected chi connectivity index (χ1v) is 6.18. The highest BCUT2D eigenvalue weighted by molar-refractivity contribution is 7.99. The van der Waals surface area contributed by atoms with Crippen LogP contribution in [0.2, 0.25) is 0 Å². The SMILES string of the molecule is CCCc1nc(N)cc(Sc2ncccn2)n1. The summed E-state index contributed by atoms with van der Waals surface area (Å²) in [7, 11) is 0. The third kappa shape index (κ3) is 3.39. The van der Waals surface area contributed by atoms with Crippen molar-refractivity contribution in [2.75, 3.05) is 5.73 Å². The summed E-state index contributed by atoms with van der Waals surface area (Å²) in [6, 6.07) is 3.51. The number of hydrogen-bond donors (Lipinski definition) is 1. The molecule has 0 unspecified atom stereocenters. The second kappa shape index (κ2) is 5.58. The van der Waals surface area contributed by atoms with Crippen LogP contribution in [0.5, 0.6) is 0 Å². The van der Waals surface area contributed by atoms with Gasteiger partial charge in [0, 0.05) is 24.9 Å². The van der Waals surface area contributed by atoms with Gasteiger partial charge < -0.3 is 5.73 Å². The molecule has 2 heterocycles. The molecule has 0 bridgehead atoms. The lowest BCUT2D eigenvalue weighted by molar-refractivity contribution is 0.812. The molecule has 0 aliphatic rings. The molecule has 2 N–H and O–H groups in total. The summed E-state index contributed by atoms with van der Waals surface area (Å²) in [5, 5.41) is 1.44. The molecule has 0 aliphatic heterocycles. The Labute approximate surface area is 104 Å². The fourth-order valence-electron chi connectivity index (χ4n) is 1.31. The van der Waals surface area contributed by atoms with E-state index in [1.165, 1.54) is 11.8 Å². The van der Waals surface area contributed by atoms with Crippen molar-refractivity contribution in [1.29, 1.82) is 0 Å². The summed E-state index contributed by atoms with van der Waals surface area (Å²) < 4.78 is 0. The van der Waals surface area contributed by atoms with Crippen LogP contribution in [0.1, 0.15) is 19.2 Å². The molecule has 0 radical (unpaired) electrons. The first-order chi connectivity index (χ1) is 8.28. The maximum Gasteiger partial charge on any atom is 0.193 e. The summed E-state index contributed by atoms with van der Waals surface area (Å²) in [5.41, 5.74) is 5.74. The monoisotopic (exact) mass is 247 g/mol. The first kappa shape index (κ1) is 11.8. The maximum absolute atomic E-state index is 5.74. The topological polar surface area (TPSA) is 77.6 Å². The van der Waals surface area contributed by atoms with Crippen molar-refractivity contribution >= 4 is 17.6 Å². The van der Waals surface area contributed by atoms with Gasteiger partial charge in [-0.15, -0.1) is 0 Å². The van der Waals surface area contributed by atoms with E-state index in [9.17, 15) is 0 Å². The third-order valence-electron chi connectivity index (χ3n) is 1.98. The van der Waals surface area contributed by atoms with Crippen LogP contribution in [0, 0.1) is 0 Å². The van der Waals surface area contributed by atoms with E-state index in [1.54, 1.807) is 24.5 Å². The average Bonchev–Trinajstić information content (AvgIpc) is 2.30. The highest BCUT2D eigenvalue weighted by Gasteiger charge is 2.05. The highest BCUT2D eigenvalue weighted by Crippen LogP contribution is 2.23.